The van der Waals surface area contributed by atoms with Crippen molar-refractivity contribution < 1.29 is 22.7 Å². The molecule has 0 atom stereocenters. The third-order valence-corrected chi connectivity index (χ3v) is 8.30. The van der Waals surface area contributed by atoms with E-state index in [0.29, 0.717) is 18.0 Å². The molecule has 3 aromatic carbocycles. The van der Waals surface area contributed by atoms with Crippen LogP contribution >= 0.6 is 11.8 Å². The first kappa shape index (κ1) is 27.4. The summed E-state index contributed by atoms with van der Waals surface area (Å²) in [7, 11) is -1.10. The first-order chi connectivity index (χ1) is 17.3. The lowest BCUT2D eigenvalue weighted by atomic mass is 10.2. The van der Waals surface area contributed by atoms with Crippen molar-refractivity contribution in [1.29, 1.82) is 0 Å². The van der Waals surface area contributed by atoms with Crippen LogP contribution in [0.4, 0.5) is 5.69 Å². The molecule has 0 heterocycles. The van der Waals surface area contributed by atoms with Gasteiger partial charge in [-0.3, -0.25) is 9.10 Å². The van der Waals surface area contributed by atoms with Crippen molar-refractivity contribution in [3.8, 4) is 11.5 Å². The quantitative estimate of drug-likeness (QED) is 0.325. The zero-order chi connectivity index (χ0) is 26.0. The Kier molecular flexibility index (Phi) is 10.1. The SMILES string of the molecule is COc1ccc(OC)c(N(CC(=O)NCCCSCc2cccc(C)c2)S(=O)(=O)c2ccccc2)c1. The number of hydrogen-bond acceptors (Lipinski definition) is 6. The molecule has 1 N–H and O–H groups in total. The van der Waals surface area contributed by atoms with E-state index in [4.69, 9.17) is 9.47 Å². The minimum absolute atomic E-state index is 0.0789. The summed E-state index contributed by atoms with van der Waals surface area (Å²) in [5, 5.41) is 2.85. The van der Waals surface area contributed by atoms with Crippen LogP contribution in [0.25, 0.3) is 0 Å². The maximum atomic E-state index is 13.6. The van der Waals surface area contributed by atoms with Gasteiger partial charge in [0, 0.05) is 18.4 Å². The van der Waals surface area contributed by atoms with E-state index in [2.05, 4.69) is 36.5 Å². The van der Waals surface area contributed by atoms with Crippen molar-refractivity contribution in [2.75, 3.05) is 37.4 Å². The Morgan fingerprint density at radius 3 is 2.44 bits per heavy atom. The number of sulfonamides is 1. The topological polar surface area (TPSA) is 84.9 Å². The summed E-state index contributed by atoms with van der Waals surface area (Å²) in [5.74, 6) is 2.15. The first-order valence-electron chi connectivity index (χ1n) is 11.5. The third kappa shape index (κ3) is 7.41. The molecule has 0 radical (unpaired) electrons. The summed E-state index contributed by atoms with van der Waals surface area (Å²) in [6.07, 6.45) is 0.774. The van der Waals surface area contributed by atoms with Crippen LogP contribution in [0.15, 0.2) is 77.7 Å². The van der Waals surface area contributed by atoms with Gasteiger partial charge in [0.05, 0.1) is 24.8 Å². The lowest BCUT2D eigenvalue weighted by molar-refractivity contribution is -0.119. The lowest BCUT2D eigenvalue weighted by Gasteiger charge is -2.26. The molecule has 9 heteroatoms. The zero-order valence-corrected chi connectivity index (χ0v) is 22.4. The average molecular weight is 529 g/mol. The van der Waals surface area contributed by atoms with Gasteiger partial charge in [-0.1, -0.05) is 48.0 Å². The molecule has 0 bridgehead atoms. The monoisotopic (exact) mass is 528 g/mol. The van der Waals surface area contributed by atoms with Gasteiger partial charge in [-0.05, 0) is 48.9 Å². The highest BCUT2D eigenvalue weighted by Gasteiger charge is 2.29. The van der Waals surface area contributed by atoms with Crippen LogP contribution in [-0.2, 0) is 20.6 Å². The molecule has 0 aliphatic heterocycles. The average Bonchev–Trinajstić information content (AvgIpc) is 2.89. The van der Waals surface area contributed by atoms with E-state index >= 15 is 0 Å². The van der Waals surface area contributed by atoms with Gasteiger partial charge in [0.1, 0.15) is 18.0 Å². The number of amides is 1. The van der Waals surface area contributed by atoms with Gasteiger partial charge in [-0.25, -0.2) is 8.42 Å². The number of anilines is 1. The molecule has 0 aliphatic carbocycles. The number of methoxy groups -OCH3 is 2. The number of rotatable bonds is 13. The molecule has 0 saturated carbocycles. The van der Waals surface area contributed by atoms with Crippen molar-refractivity contribution in [2.24, 2.45) is 0 Å². The number of carbonyl (C=O) groups is 1. The van der Waals surface area contributed by atoms with E-state index in [9.17, 15) is 13.2 Å². The maximum absolute atomic E-state index is 13.6. The second-order valence-electron chi connectivity index (χ2n) is 8.11. The van der Waals surface area contributed by atoms with Gasteiger partial charge in [0.25, 0.3) is 10.0 Å². The predicted molar refractivity (Wildman–Crippen MR) is 145 cm³/mol. The summed E-state index contributed by atoms with van der Waals surface area (Å²) < 4.78 is 38.9. The molecule has 36 heavy (non-hydrogen) atoms. The molecule has 0 fully saturated rings. The standard InChI is InChI=1S/C27H32N2O5S2/c1-21-9-7-10-22(17-21)20-35-16-8-15-28-27(30)19-29(36(31,32)24-11-5-4-6-12-24)25-18-23(33-2)13-14-26(25)34-3/h4-7,9-14,17-18H,8,15-16,19-20H2,1-3H3,(H,28,30). The number of carbonyl (C=O) groups excluding carboxylic acids is 1. The van der Waals surface area contributed by atoms with E-state index in [1.165, 1.54) is 37.5 Å². The number of ether oxygens (including phenoxy) is 2. The summed E-state index contributed by atoms with van der Waals surface area (Å²) in [6.45, 7) is 2.14. The molecule has 192 valence electrons. The Bertz CT molecular complexity index is 1250. The van der Waals surface area contributed by atoms with Crippen molar-refractivity contribution in [3.63, 3.8) is 0 Å². The zero-order valence-electron chi connectivity index (χ0n) is 20.8. The molecule has 1 amide bonds. The summed E-state index contributed by atoms with van der Waals surface area (Å²) in [6, 6.07) is 21.3. The molecule has 3 aromatic rings. The van der Waals surface area contributed by atoms with Crippen molar-refractivity contribution in [2.45, 2.75) is 24.0 Å². The van der Waals surface area contributed by atoms with Crippen LogP contribution in [0.1, 0.15) is 17.5 Å². The molecular weight excluding hydrogens is 496 g/mol. The Labute approximate surface area is 217 Å². The first-order valence-corrected chi connectivity index (χ1v) is 14.1. The molecule has 0 unspecified atom stereocenters. The number of thioether (sulfide) groups is 1. The van der Waals surface area contributed by atoms with E-state index in [-0.39, 0.29) is 10.6 Å². The molecule has 0 spiro atoms. The predicted octanol–water partition coefficient (Wildman–Crippen LogP) is 4.65. The normalized spacial score (nSPS) is 11.1. The number of hydrogen-bond donors (Lipinski definition) is 1. The summed E-state index contributed by atoms with van der Waals surface area (Å²) >= 11 is 1.80. The highest BCUT2D eigenvalue weighted by atomic mass is 32.2. The van der Waals surface area contributed by atoms with E-state index in [0.717, 1.165) is 22.2 Å². The molecule has 3 rings (SSSR count). The fourth-order valence-electron chi connectivity index (χ4n) is 3.59. The number of nitrogens with one attached hydrogen (secondary N) is 1. The second-order valence-corrected chi connectivity index (χ2v) is 11.1. The van der Waals surface area contributed by atoms with Gasteiger partial charge in [0.15, 0.2) is 0 Å². The van der Waals surface area contributed by atoms with Crippen LogP contribution in [0.3, 0.4) is 0 Å². The minimum atomic E-state index is -4.05. The largest absolute Gasteiger partial charge is 0.497 e. The highest BCUT2D eigenvalue weighted by Crippen LogP contribution is 2.35. The highest BCUT2D eigenvalue weighted by molar-refractivity contribution is 7.98. The van der Waals surface area contributed by atoms with Crippen LogP contribution in [0.5, 0.6) is 11.5 Å². The van der Waals surface area contributed by atoms with Crippen LogP contribution in [0.2, 0.25) is 0 Å². The van der Waals surface area contributed by atoms with Crippen LogP contribution in [0, 0.1) is 6.92 Å². The molecule has 0 aromatic heterocycles. The maximum Gasteiger partial charge on any atom is 0.264 e. The Morgan fingerprint density at radius 1 is 0.972 bits per heavy atom. The van der Waals surface area contributed by atoms with Crippen molar-refractivity contribution in [3.05, 3.63) is 83.9 Å². The minimum Gasteiger partial charge on any atom is -0.497 e. The fourth-order valence-corrected chi connectivity index (χ4v) is 5.94. The van der Waals surface area contributed by atoms with Gasteiger partial charge in [0.2, 0.25) is 5.91 Å². The third-order valence-electron chi connectivity index (χ3n) is 5.41. The summed E-state index contributed by atoms with van der Waals surface area (Å²) in [4.78, 5) is 12.9. The Balaban J connectivity index is 1.67. The van der Waals surface area contributed by atoms with Gasteiger partial charge >= 0.3 is 0 Å². The van der Waals surface area contributed by atoms with Crippen LogP contribution < -0.4 is 19.1 Å². The van der Waals surface area contributed by atoms with Gasteiger partial charge in [-0.2, -0.15) is 11.8 Å². The molecular formula is C27H32N2O5S2. The van der Waals surface area contributed by atoms with Crippen molar-refractivity contribution in [1.82, 2.24) is 5.32 Å². The summed E-state index contributed by atoms with van der Waals surface area (Å²) in [5.41, 5.74) is 2.74. The van der Waals surface area contributed by atoms with Crippen molar-refractivity contribution >= 4 is 33.4 Å². The smallest absolute Gasteiger partial charge is 0.264 e. The van der Waals surface area contributed by atoms with Gasteiger partial charge in [-0.15, -0.1) is 0 Å². The molecule has 7 nitrogen and oxygen atoms in total. The van der Waals surface area contributed by atoms with E-state index in [1.54, 1.807) is 48.2 Å². The number of aryl methyl sites for hydroxylation is 1. The number of benzene rings is 3. The lowest BCUT2D eigenvalue weighted by Crippen LogP contribution is -2.41. The number of nitrogens with zero attached hydrogens (tertiary/aromatic N) is 1. The Hall–Kier alpha value is -3.17. The van der Waals surface area contributed by atoms with Crippen LogP contribution in [-0.4, -0.2) is 47.4 Å². The van der Waals surface area contributed by atoms with E-state index < -0.39 is 22.5 Å². The molecule has 0 aliphatic rings. The second kappa shape index (κ2) is 13.2. The molecule has 0 saturated heterocycles. The fraction of sp³-hybridized carbons (Fsp3) is 0.296. The van der Waals surface area contributed by atoms with E-state index in [1.807, 2.05) is 0 Å². The Morgan fingerprint density at radius 2 is 1.75 bits per heavy atom. The van der Waals surface area contributed by atoms with Gasteiger partial charge < -0.3 is 14.8 Å².